The zero-order valence-corrected chi connectivity index (χ0v) is 19.6. The molecule has 0 saturated heterocycles. The van der Waals surface area contributed by atoms with Crippen molar-refractivity contribution in [3.8, 4) is 5.75 Å². The van der Waals surface area contributed by atoms with Crippen molar-refractivity contribution in [2.75, 3.05) is 13.2 Å². The molecule has 1 unspecified atom stereocenters. The maximum Gasteiger partial charge on any atom is 0.261 e. The standard InChI is InChI=1S/C27H36N2O3/c1-4-24(27(31)28-23-14-8-9-15-23)29(18-17-22-12-6-5-7-13-22)26(30)19-32-25-16-10-11-20(2)21(25)3/h5-7,10-13,16,23-24H,4,8-9,14-15,17-19H2,1-3H3,(H,28,31). The van der Waals surface area contributed by atoms with Crippen LogP contribution in [0.3, 0.4) is 0 Å². The van der Waals surface area contributed by atoms with E-state index in [0.29, 0.717) is 25.1 Å². The molecular formula is C27H36N2O3. The highest BCUT2D eigenvalue weighted by Crippen LogP contribution is 2.21. The van der Waals surface area contributed by atoms with E-state index in [0.717, 1.165) is 42.4 Å². The molecule has 1 atom stereocenters. The highest BCUT2D eigenvalue weighted by Gasteiger charge is 2.30. The second-order valence-corrected chi connectivity index (χ2v) is 8.72. The van der Waals surface area contributed by atoms with Crippen LogP contribution in [0.2, 0.25) is 0 Å². The van der Waals surface area contributed by atoms with Crippen molar-refractivity contribution < 1.29 is 14.3 Å². The lowest BCUT2D eigenvalue weighted by Gasteiger charge is -2.31. The Labute approximate surface area is 192 Å². The van der Waals surface area contributed by atoms with Crippen LogP contribution in [0.15, 0.2) is 48.5 Å². The molecule has 2 amide bonds. The number of hydrogen-bond donors (Lipinski definition) is 1. The van der Waals surface area contributed by atoms with Crippen LogP contribution in [0.4, 0.5) is 0 Å². The van der Waals surface area contributed by atoms with Crippen LogP contribution in [0.25, 0.3) is 0 Å². The number of nitrogens with one attached hydrogen (secondary N) is 1. The van der Waals surface area contributed by atoms with Crippen LogP contribution in [0.5, 0.6) is 5.75 Å². The lowest BCUT2D eigenvalue weighted by Crippen LogP contribution is -2.53. The molecule has 1 aliphatic rings. The zero-order valence-electron chi connectivity index (χ0n) is 19.6. The van der Waals surface area contributed by atoms with E-state index in [9.17, 15) is 9.59 Å². The first-order chi connectivity index (χ1) is 15.5. The fraction of sp³-hybridized carbons (Fsp3) is 0.481. The number of ether oxygens (including phenoxy) is 1. The number of carbonyl (C=O) groups excluding carboxylic acids is 2. The van der Waals surface area contributed by atoms with Gasteiger partial charge in [0.05, 0.1) is 0 Å². The Morgan fingerprint density at radius 1 is 1.06 bits per heavy atom. The van der Waals surface area contributed by atoms with Crippen LogP contribution >= 0.6 is 0 Å². The maximum atomic E-state index is 13.3. The predicted molar refractivity (Wildman–Crippen MR) is 128 cm³/mol. The van der Waals surface area contributed by atoms with E-state index >= 15 is 0 Å². The molecule has 2 aromatic rings. The minimum Gasteiger partial charge on any atom is -0.483 e. The van der Waals surface area contributed by atoms with Crippen LogP contribution in [0, 0.1) is 13.8 Å². The molecule has 5 heteroatoms. The molecule has 0 aromatic heterocycles. The normalized spacial score (nSPS) is 14.7. The van der Waals surface area contributed by atoms with Crippen LogP contribution < -0.4 is 10.1 Å². The van der Waals surface area contributed by atoms with Crippen molar-refractivity contribution in [1.82, 2.24) is 10.2 Å². The van der Waals surface area contributed by atoms with E-state index in [1.807, 2.05) is 57.2 Å². The summed E-state index contributed by atoms with van der Waals surface area (Å²) in [5.41, 5.74) is 3.30. The molecule has 5 nitrogen and oxygen atoms in total. The van der Waals surface area contributed by atoms with Gasteiger partial charge in [-0.15, -0.1) is 0 Å². The second kappa shape index (κ2) is 11.7. The highest BCUT2D eigenvalue weighted by atomic mass is 16.5. The van der Waals surface area contributed by atoms with Gasteiger partial charge in [0.15, 0.2) is 6.61 Å². The molecule has 32 heavy (non-hydrogen) atoms. The van der Waals surface area contributed by atoms with Gasteiger partial charge in [-0.25, -0.2) is 0 Å². The van der Waals surface area contributed by atoms with E-state index < -0.39 is 6.04 Å². The fourth-order valence-electron chi connectivity index (χ4n) is 4.37. The Morgan fingerprint density at radius 2 is 1.78 bits per heavy atom. The van der Waals surface area contributed by atoms with Gasteiger partial charge in [-0.1, -0.05) is 62.2 Å². The molecule has 1 aliphatic carbocycles. The third-order valence-corrected chi connectivity index (χ3v) is 6.48. The van der Waals surface area contributed by atoms with E-state index in [-0.39, 0.29) is 24.5 Å². The highest BCUT2D eigenvalue weighted by molar-refractivity contribution is 5.88. The van der Waals surface area contributed by atoms with Gasteiger partial charge in [-0.05, 0) is 62.3 Å². The van der Waals surface area contributed by atoms with Crippen molar-refractivity contribution in [2.24, 2.45) is 0 Å². The number of amides is 2. The van der Waals surface area contributed by atoms with Gasteiger partial charge in [0.1, 0.15) is 11.8 Å². The molecule has 1 saturated carbocycles. The lowest BCUT2D eigenvalue weighted by atomic mass is 10.1. The van der Waals surface area contributed by atoms with Crippen molar-refractivity contribution in [3.63, 3.8) is 0 Å². The minimum atomic E-state index is -0.492. The summed E-state index contributed by atoms with van der Waals surface area (Å²) in [6, 6.07) is 15.6. The molecule has 0 radical (unpaired) electrons. The Balaban J connectivity index is 1.72. The number of carbonyl (C=O) groups is 2. The smallest absolute Gasteiger partial charge is 0.261 e. The first kappa shape index (κ1) is 23.8. The Kier molecular flexibility index (Phi) is 8.72. The van der Waals surface area contributed by atoms with Gasteiger partial charge < -0.3 is 15.0 Å². The van der Waals surface area contributed by atoms with E-state index in [2.05, 4.69) is 17.4 Å². The number of nitrogens with zero attached hydrogens (tertiary/aromatic N) is 1. The van der Waals surface area contributed by atoms with Crippen molar-refractivity contribution >= 4 is 11.8 Å². The summed E-state index contributed by atoms with van der Waals surface area (Å²) in [6.07, 6.45) is 5.63. The summed E-state index contributed by atoms with van der Waals surface area (Å²) in [5, 5.41) is 3.18. The summed E-state index contributed by atoms with van der Waals surface area (Å²) < 4.78 is 5.90. The fourth-order valence-corrected chi connectivity index (χ4v) is 4.37. The van der Waals surface area contributed by atoms with Gasteiger partial charge in [-0.3, -0.25) is 9.59 Å². The summed E-state index contributed by atoms with van der Waals surface area (Å²) in [6.45, 7) is 6.39. The number of aryl methyl sites for hydroxylation is 1. The molecule has 0 bridgehead atoms. The largest absolute Gasteiger partial charge is 0.483 e. The molecule has 1 N–H and O–H groups in total. The molecular weight excluding hydrogens is 400 g/mol. The number of benzene rings is 2. The summed E-state index contributed by atoms with van der Waals surface area (Å²) >= 11 is 0. The minimum absolute atomic E-state index is 0.0486. The molecule has 0 heterocycles. The average molecular weight is 437 g/mol. The third kappa shape index (κ3) is 6.35. The first-order valence-corrected chi connectivity index (χ1v) is 11.8. The monoisotopic (exact) mass is 436 g/mol. The molecule has 0 aliphatic heterocycles. The Bertz CT molecular complexity index is 891. The second-order valence-electron chi connectivity index (χ2n) is 8.72. The lowest BCUT2D eigenvalue weighted by molar-refractivity contribution is -0.142. The molecule has 172 valence electrons. The summed E-state index contributed by atoms with van der Waals surface area (Å²) in [4.78, 5) is 28.1. The SMILES string of the molecule is CCC(C(=O)NC1CCCC1)N(CCc1ccccc1)C(=O)COc1cccc(C)c1C. The third-order valence-electron chi connectivity index (χ3n) is 6.48. The first-order valence-electron chi connectivity index (χ1n) is 11.8. The molecule has 2 aromatic carbocycles. The van der Waals surface area contributed by atoms with Gasteiger partial charge >= 0.3 is 0 Å². The van der Waals surface area contributed by atoms with Crippen molar-refractivity contribution in [1.29, 1.82) is 0 Å². The Hall–Kier alpha value is -2.82. The predicted octanol–water partition coefficient (Wildman–Crippen LogP) is 4.59. The summed E-state index contributed by atoms with van der Waals surface area (Å²) in [7, 11) is 0. The molecule has 3 rings (SSSR count). The zero-order chi connectivity index (χ0) is 22.9. The van der Waals surface area contributed by atoms with E-state index in [4.69, 9.17) is 4.74 Å². The Morgan fingerprint density at radius 3 is 2.47 bits per heavy atom. The van der Waals surface area contributed by atoms with Gasteiger partial charge in [-0.2, -0.15) is 0 Å². The molecule has 0 spiro atoms. The maximum absolute atomic E-state index is 13.3. The van der Waals surface area contributed by atoms with Crippen molar-refractivity contribution in [3.05, 3.63) is 65.2 Å². The summed E-state index contributed by atoms with van der Waals surface area (Å²) in [5.74, 6) is 0.507. The van der Waals surface area contributed by atoms with Gasteiger partial charge in [0.25, 0.3) is 5.91 Å². The van der Waals surface area contributed by atoms with Gasteiger partial charge in [0, 0.05) is 12.6 Å². The molecule has 1 fully saturated rings. The van der Waals surface area contributed by atoms with Crippen LogP contribution in [0.1, 0.15) is 55.7 Å². The topological polar surface area (TPSA) is 58.6 Å². The van der Waals surface area contributed by atoms with Crippen molar-refractivity contribution in [2.45, 2.75) is 71.4 Å². The average Bonchev–Trinajstić information content (AvgIpc) is 3.31. The van der Waals surface area contributed by atoms with E-state index in [1.54, 1.807) is 4.90 Å². The van der Waals surface area contributed by atoms with E-state index in [1.165, 1.54) is 0 Å². The number of rotatable bonds is 10. The number of hydrogen-bond acceptors (Lipinski definition) is 3. The van der Waals surface area contributed by atoms with Crippen LogP contribution in [-0.2, 0) is 16.0 Å². The van der Waals surface area contributed by atoms with Crippen LogP contribution in [-0.4, -0.2) is 41.9 Å². The quantitative estimate of drug-likeness (QED) is 0.593. The van der Waals surface area contributed by atoms with Gasteiger partial charge in [0.2, 0.25) is 5.91 Å².